The van der Waals surface area contributed by atoms with Crippen LogP contribution < -0.4 is 15.4 Å². The molecule has 7 nitrogen and oxygen atoms in total. The van der Waals surface area contributed by atoms with Crippen molar-refractivity contribution in [3.63, 3.8) is 0 Å². The first-order valence-corrected chi connectivity index (χ1v) is 10.6. The Balaban J connectivity index is 1.37. The van der Waals surface area contributed by atoms with Gasteiger partial charge in [-0.1, -0.05) is 12.1 Å². The predicted octanol–water partition coefficient (Wildman–Crippen LogP) is 2.26. The standard InChI is InChI=1S/C20H27N5O2S/c1-15-2-3-16(18(12-15)27-17-4-10-26-14-17)13-23-19(21)24-6-8-25(9-7-24)20-22-5-11-28-20/h2-3,5,11-12,17H,4,6-10,13-14H2,1H3,(H2,21,23). The van der Waals surface area contributed by atoms with E-state index in [4.69, 9.17) is 15.2 Å². The Hall–Kier alpha value is -2.32. The Morgan fingerprint density at radius 3 is 2.93 bits per heavy atom. The van der Waals surface area contributed by atoms with Crippen LogP contribution in [0.1, 0.15) is 17.5 Å². The van der Waals surface area contributed by atoms with E-state index in [1.165, 1.54) is 5.56 Å². The van der Waals surface area contributed by atoms with E-state index in [-0.39, 0.29) is 6.10 Å². The van der Waals surface area contributed by atoms with Gasteiger partial charge in [0.2, 0.25) is 0 Å². The van der Waals surface area contributed by atoms with Crippen LogP contribution in [0.2, 0.25) is 0 Å². The number of nitrogens with two attached hydrogens (primary N) is 1. The van der Waals surface area contributed by atoms with Crippen LogP contribution >= 0.6 is 11.3 Å². The maximum absolute atomic E-state index is 6.29. The molecule has 3 heterocycles. The third-order valence-corrected chi connectivity index (χ3v) is 5.94. The Morgan fingerprint density at radius 2 is 2.21 bits per heavy atom. The quantitative estimate of drug-likeness (QED) is 0.612. The molecule has 2 aliphatic heterocycles. The van der Waals surface area contributed by atoms with Gasteiger partial charge in [0, 0.05) is 49.7 Å². The number of aliphatic imine (C=N–C) groups is 1. The van der Waals surface area contributed by atoms with Gasteiger partial charge in [0.15, 0.2) is 11.1 Å². The van der Waals surface area contributed by atoms with E-state index in [1.54, 1.807) is 11.3 Å². The number of thiazole rings is 1. The highest BCUT2D eigenvalue weighted by Crippen LogP contribution is 2.25. The summed E-state index contributed by atoms with van der Waals surface area (Å²) in [4.78, 5) is 13.5. The van der Waals surface area contributed by atoms with E-state index in [1.807, 2.05) is 11.6 Å². The van der Waals surface area contributed by atoms with Crippen LogP contribution in [0.3, 0.4) is 0 Å². The van der Waals surface area contributed by atoms with Crippen LogP contribution in [0.15, 0.2) is 34.8 Å². The second kappa shape index (κ2) is 8.79. The lowest BCUT2D eigenvalue weighted by atomic mass is 10.1. The number of aromatic nitrogens is 1. The minimum Gasteiger partial charge on any atom is -0.488 e. The van der Waals surface area contributed by atoms with Gasteiger partial charge in [-0.3, -0.25) is 0 Å². The highest BCUT2D eigenvalue weighted by atomic mass is 32.1. The van der Waals surface area contributed by atoms with Crippen molar-refractivity contribution in [1.29, 1.82) is 0 Å². The molecular formula is C20H27N5O2S. The Morgan fingerprint density at radius 1 is 1.36 bits per heavy atom. The van der Waals surface area contributed by atoms with Gasteiger partial charge in [-0.25, -0.2) is 9.98 Å². The maximum atomic E-state index is 6.29. The summed E-state index contributed by atoms with van der Waals surface area (Å²) in [5, 5.41) is 3.09. The molecule has 8 heteroatoms. The summed E-state index contributed by atoms with van der Waals surface area (Å²) in [5.74, 6) is 1.48. The summed E-state index contributed by atoms with van der Waals surface area (Å²) in [7, 11) is 0. The van der Waals surface area contributed by atoms with Crippen LogP contribution in [0.5, 0.6) is 5.75 Å². The number of rotatable bonds is 5. The Bertz CT molecular complexity index is 797. The molecule has 1 aromatic carbocycles. The number of nitrogens with zero attached hydrogens (tertiary/aromatic N) is 4. The number of ether oxygens (including phenoxy) is 2. The third kappa shape index (κ3) is 4.56. The van der Waals surface area contributed by atoms with Gasteiger partial charge in [-0.2, -0.15) is 0 Å². The van der Waals surface area contributed by atoms with Crippen molar-refractivity contribution in [2.45, 2.75) is 26.0 Å². The zero-order valence-corrected chi connectivity index (χ0v) is 17.0. The molecule has 4 rings (SSSR count). The molecule has 1 unspecified atom stereocenters. The normalized spacial score (nSPS) is 20.6. The molecule has 2 N–H and O–H groups in total. The number of hydrogen-bond acceptors (Lipinski definition) is 6. The van der Waals surface area contributed by atoms with E-state index in [0.717, 1.165) is 55.7 Å². The monoisotopic (exact) mass is 401 g/mol. The van der Waals surface area contributed by atoms with Crippen molar-refractivity contribution in [2.75, 3.05) is 44.3 Å². The lowest BCUT2D eigenvalue weighted by Crippen LogP contribution is -2.51. The molecule has 0 aliphatic carbocycles. The SMILES string of the molecule is Cc1ccc(CN=C(N)N2CCN(c3nccs3)CC2)c(OC2CCOC2)c1. The van der Waals surface area contributed by atoms with Gasteiger partial charge in [0.05, 0.1) is 19.8 Å². The van der Waals surface area contributed by atoms with E-state index < -0.39 is 0 Å². The fraction of sp³-hybridized carbons (Fsp3) is 0.500. The van der Waals surface area contributed by atoms with Crippen molar-refractivity contribution in [3.8, 4) is 5.75 Å². The molecule has 2 saturated heterocycles. The maximum Gasteiger partial charge on any atom is 0.191 e. The molecule has 0 saturated carbocycles. The number of guanidine groups is 1. The number of aryl methyl sites for hydroxylation is 1. The number of hydrogen-bond donors (Lipinski definition) is 1. The number of benzene rings is 1. The van der Waals surface area contributed by atoms with Crippen molar-refractivity contribution in [3.05, 3.63) is 40.9 Å². The second-order valence-electron chi connectivity index (χ2n) is 7.18. The highest BCUT2D eigenvalue weighted by molar-refractivity contribution is 7.13. The molecule has 2 fully saturated rings. The van der Waals surface area contributed by atoms with Crippen LogP contribution in [-0.4, -0.2) is 61.3 Å². The molecule has 0 radical (unpaired) electrons. The fourth-order valence-corrected chi connectivity index (χ4v) is 4.15. The van der Waals surface area contributed by atoms with Crippen LogP contribution in [0.25, 0.3) is 0 Å². The first kappa shape index (κ1) is 19.0. The summed E-state index contributed by atoms with van der Waals surface area (Å²) in [6, 6.07) is 6.25. The van der Waals surface area contributed by atoms with Crippen LogP contribution in [0.4, 0.5) is 5.13 Å². The summed E-state index contributed by atoms with van der Waals surface area (Å²) in [5.41, 5.74) is 8.52. The zero-order chi connectivity index (χ0) is 19.3. The van der Waals surface area contributed by atoms with Crippen LogP contribution in [0, 0.1) is 6.92 Å². The van der Waals surface area contributed by atoms with Crippen LogP contribution in [-0.2, 0) is 11.3 Å². The van der Waals surface area contributed by atoms with Crippen molar-refractivity contribution >= 4 is 22.4 Å². The Labute approximate surface area is 169 Å². The third-order valence-electron chi connectivity index (χ3n) is 5.11. The molecule has 150 valence electrons. The fourth-order valence-electron chi connectivity index (χ4n) is 3.45. The van der Waals surface area contributed by atoms with Gasteiger partial charge in [-0.05, 0) is 18.6 Å². The molecule has 2 aliphatic rings. The predicted molar refractivity (Wildman–Crippen MR) is 112 cm³/mol. The summed E-state index contributed by atoms with van der Waals surface area (Å²) in [6.07, 6.45) is 2.91. The van der Waals surface area contributed by atoms with Gasteiger partial charge < -0.3 is 25.0 Å². The van der Waals surface area contributed by atoms with Crippen molar-refractivity contribution in [1.82, 2.24) is 9.88 Å². The van der Waals surface area contributed by atoms with E-state index >= 15 is 0 Å². The van der Waals surface area contributed by atoms with Crippen molar-refractivity contribution in [2.24, 2.45) is 10.7 Å². The molecule has 28 heavy (non-hydrogen) atoms. The van der Waals surface area contributed by atoms with Crippen molar-refractivity contribution < 1.29 is 9.47 Å². The Kier molecular flexibility index (Phi) is 5.97. The first-order chi connectivity index (χ1) is 13.7. The average molecular weight is 402 g/mol. The lowest BCUT2D eigenvalue weighted by Gasteiger charge is -2.35. The van der Waals surface area contributed by atoms with E-state index in [2.05, 4.69) is 44.9 Å². The molecule has 0 amide bonds. The smallest absolute Gasteiger partial charge is 0.191 e. The molecule has 0 spiro atoms. The average Bonchev–Trinajstić information content (AvgIpc) is 3.41. The molecule has 1 atom stereocenters. The second-order valence-corrected chi connectivity index (χ2v) is 8.05. The highest BCUT2D eigenvalue weighted by Gasteiger charge is 2.21. The largest absolute Gasteiger partial charge is 0.488 e. The van der Waals surface area contributed by atoms with Gasteiger partial charge >= 0.3 is 0 Å². The minimum atomic E-state index is 0.126. The number of anilines is 1. The van der Waals surface area contributed by atoms with Gasteiger partial charge in [0.1, 0.15) is 11.9 Å². The minimum absolute atomic E-state index is 0.126. The molecular weight excluding hydrogens is 374 g/mol. The van der Waals surface area contributed by atoms with E-state index in [0.29, 0.717) is 19.1 Å². The summed E-state index contributed by atoms with van der Waals surface area (Å²) < 4.78 is 11.6. The molecule has 2 aromatic rings. The van der Waals surface area contributed by atoms with Gasteiger partial charge in [-0.15, -0.1) is 11.3 Å². The van der Waals surface area contributed by atoms with E-state index in [9.17, 15) is 0 Å². The topological polar surface area (TPSA) is 76.2 Å². The lowest BCUT2D eigenvalue weighted by molar-refractivity contribution is 0.140. The zero-order valence-electron chi connectivity index (χ0n) is 16.2. The first-order valence-electron chi connectivity index (χ1n) is 9.72. The summed E-state index contributed by atoms with van der Waals surface area (Å²) >= 11 is 1.67. The number of piperazine rings is 1. The molecule has 0 bridgehead atoms. The molecule has 1 aromatic heterocycles. The van der Waals surface area contributed by atoms with Gasteiger partial charge in [0.25, 0.3) is 0 Å². The summed E-state index contributed by atoms with van der Waals surface area (Å²) in [6.45, 7) is 7.53.